The zero-order valence-electron chi connectivity index (χ0n) is 14.5. The largest absolute Gasteiger partial charge is 0.357 e. The minimum absolute atomic E-state index is 0.0780. The fourth-order valence-corrected chi connectivity index (χ4v) is 3.41. The number of nitrogens with one attached hydrogen (secondary N) is 2. The summed E-state index contributed by atoms with van der Waals surface area (Å²) >= 11 is 1.65. The first kappa shape index (κ1) is 18.4. The fraction of sp³-hybridized carbons (Fsp3) is 0.625. The number of guanidine groups is 1. The monoisotopic (exact) mass is 351 g/mol. The maximum atomic E-state index is 11.8. The molecular weight excluding hydrogens is 326 g/mol. The Morgan fingerprint density at radius 3 is 2.54 bits per heavy atom. The number of thiazole rings is 1. The van der Waals surface area contributed by atoms with Crippen LogP contribution in [-0.4, -0.2) is 47.3 Å². The van der Waals surface area contributed by atoms with E-state index in [2.05, 4.69) is 20.6 Å². The molecule has 0 unspecified atom stereocenters. The predicted octanol–water partition coefficient (Wildman–Crippen LogP) is 1.35. The number of carbonyl (C=O) groups is 2. The Morgan fingerprint density at radius 1 is 1.25 bits per heavy atom. The van der Waals surface area contributed by atoms with Crippen LogP contribution >= 0.6 is 11.3 Å². The number of imide groups is 1. The normalized spacial score (nSPS) is 15.8. The number of hydrogen-bond acceptors (Lipinski definition) is 5. The van der Waals surface area contributed by atoms with E-state index < -0.39 is 0 Å². The number of aryl methyl sites for hydroxylation is 2. The quantitative estimate of drug-likeness (QED) is 0.459. The van der Waals surface area contributed by atoms with E-state index >= 15 is 0 Å². The molecule has 132 valence electrons. The highest BCUT2D eigenvalue weighted by atomic mass is 32.1. The Balaban J connectivity index is 1.88. The summed E-state index contributed by atoms with van der Waals surface area (Å²) in [6.07, 6.45) is 1.59. The fourth-order valence-electron chi connectivity index (χ4n) is 2.55. The van der Waals surface area contributed by atoms with Crippen LogP contribution in [0.25, 0.3) is 0 Å². The molecule has 2 N–H and O–H groups in total. The van der Waals surface area contributed by atoms with Gasteiger partial charge in [0.25, 0.3) is 0 Å². The van der Waals surface area contributed by atoms with Crippen molar-refractivity contribution in [1.82, 2.24) is 20.5 Å². The van der Waals surface area contributed by atoms with Crippen LogP contribution in [0.4, 0.5) is 0 Å². The van der Waals surface area contributed by atoms with E-state index in [1.807, 2.05) is 20.8 Å². The summed E-state index contributed by atoms with van der Waals surface area (Å²) in [7, 11) is 0. The molecule has 0 aliphatic carbocycles. The summed E-state index contributed by atoms with van der Waals surface area (Å²) in [5.41, 5.74) is 1.02. The first-order chi connectivity index (χ1) is 11.5. The van der Waals surface area contributed by atoms with Gasteiger partial charge in [-0.2, -0.15) is 0 Å². The van der Waals surface area contributed by atoms with Crippen molar-refractivity contribution in [1.29, 1.82) is 0 Å². The second kappa shape index (κ2) is 8.77. The second-order valence-corrected chi connectivity index (χ2v) is 6.94. The van der Waals surface area contributed by atoms with Crippen LogP contribution in [0.2, 0.25) is 0 Å². The van der Waals surface area contributed by atoms with Crippen molar-refractivity contribution in [3.05, 3.63) is 15.6 Å². The number of likely N-dealkylation sites (tertiary alicyclic amines) is 1. The molecular formula is C16H25N5O2S. The molecule has 1 aromatic heterocycles. The zero-order valence-corrected chi connectivity index (χ0v) is 15.3. The Bertz CT molecular complexity index is 610. The van der Waals surface area contributed by atoms with Crippen LogP contribution < -0.4 is 10.6 Å². The highest BCUT2D eigenvalue weighted by Crippen LogP contribution is 2.17. The van der Waals surface area contributed by atoms with Gasteiger partial charge < -0.3 is 10.6 Å². The number of rotatable bonds is 6. The number of amides is 2. The number of hydrogen-bond donors (Lipinski definition) is 2. The average Bonchev–Trinajstić information content (AvgIpc) is 2.85. The Hall–Kier alpha value is -1.96. The summed E-state index contributed by atoms with van der Waals surface area (Å²) in [6.45, 7) is 8.15. The molecule has 7 nitrogen and oxygen atoms in total. The first-order valence-electron chi connectivity index (χ1n) is 8.29. The molecule has 1 aromatic rings. The summed E-state index contributed by atoms with van der Waals surface area (Å²) in [5, 5.41) is 7.40. The second-order valence-electron chi connectivity index (χ2n) is 5.66. The molecule has 1 aliphatic heterocycles. The molecule has 0 saturated carbocycles. The maximum absolute atomic E-state index is 11.8. The Morgan fingerprint density at radius 2 is 1.96 bits per heavy atom. The van der Waals surface area contributed by atoms with Gasteiger partial charge in [0, 0.05) is 37.4 Å². The first-order valence-corrected chi connectivity index (χ1v) is 9.11. The highest BCUT2D eigenvalue weighted by molar-refractivity contribution is 7.11. The van der Waals surface area contributed by atoms with E-state index in [0.29, 0.717) is 44.9 Å². The lowest BCUT2D eigenvalue weighted by Crippen LogP contribution is -2.46. The number of nitrogens with zero attached hydrogens (tertiary/aromatic N) is 3. The smallest absolute Gasteiger partial charge is 0.229 e. The lowest BCUT2D eigenvalue weighted by molar-refractivity contribution is -0.147. The lowest BCUT2D eigenvalue weighted by atomic mass is 10.1. The summed E-state index contributed by atoms with van der Waals surface area (Å²) in [5.74, 6) is 0.524. The standard InChI is InChI=1S/C16H25N5O2S/c1-4-17-16(19-10-13-11(2)20-12(3)24-13)18-8-9-21-14(22)6-5-7-15(21)23/h4-10H2,1-3H3,(H2,17,18,19). The molecule has 1 aliphatic rings. The van der Waals surface area contributed by atoms with Gasteiger partial charge in [-0.1, -0.05) is 0 Å². The van der Waals surface area contributed by atoms with Crippen LogP contribution in [0.1, 0.15) is 41.8 Å². The molecule has 1 fully saturated rings. The van der Waals surface area contributed by atoms with Gasteiger partial charge in [0.2, 0.25) is 11.8 Å². The van der Waals surface area contributed by atoms with E-state index in [9.17, 15) is 9.59 Å². The minimum Gasteiger partial charge on any atom is -0.357 e. The third-order valence-electron chi connectivity index (χ3n) is 3.74. The van der Waals surface area contributed by atoms with Gasteiger partial charge in [-0.05, 0) is 27.2 Å². The van der Waals surface area contributed by atoms with Gasteiger partial charge in [-0.3, -0.25) is 14.5 Å². The lowest BCUT2D eigenvalue weighted by Gasteiger charge is -2.25. The van der Waals surface area contributed by atoms with Gasteiger partial charge in [-0.15, -0.1) is 11.3 Å². The van der Waals surface area contributed by atoms with Crippen molar-refractivity contribution in [3.63, 3.8) is 0 Å². The van der Waals surface area contributed by atoms with E-state index in [1.54, 1.807) is 11.3 Å². The molecule has 2 amide bonds. The van der Waals surface area contributed by atoms with Gasteiger partial charge in [0.15, 0.2) is 5.96 Å². The third kappa shape index (κ3) is 5.02. The predicted molar refractivity (Wildman–Crippen MR) is 95.0 cm³/mol. The molecule has 0 radical (unpaired) electrons. The molecule has 0 bridgehead atoms. The van der Waals surface area contributed by atoms with E-state index in [4.69, 9.17) is 0 Å². The third-order valence-corrected chi connectivity index (χ3v) is 4.79. The number of aliphatic imine (C=N–C) groups is 1. The zero-order chi connectivity index (χ0) is 17.5. The molecule has 2 heterocycles. The van der Waals surface area contributed by atoms with E-state index in [0.717, 1.165) is 22.1 Å². The molecule has 0 aromatic carbocycles. The van der Waals surface area contributed by atoms with Gasteiger partial charge in [0.05, 0.1) is 17.2 Å². The summed E-state index contributed by atoms with van der Waals surface area (Å²) < 4.78 is 0. The Labute approximate surface area is 146 Å². The maximum Gasteiger partial charge on any atom is 0.229 e. The van der Waals surface area contributed by atoms with Crippen molar-refractivity contribution >= 4 is 29.1 Å². The minimum atomic E-state index is -0.0780. The highest BCUT2D eigenvalue weighted by Gasteiger charge is 2.25. The van der Waals surface area contributed by atoms with Crippen LogP contribution in [0.5, 0.6) is 0 Å². The number of piperidine rings is 1. The van der Waals surface area contributed by atoms with E-state index in [1.165, 1.54) is 4.90 Å². The summed E-state index contributed by atoms with van der Waals surface area (Å²) in [4.78, 5) is 35.0. The van der Waals surface area contributed by atoms with Crippen molar-refractivity contribution in [2.45, 2.75) is 46.6 Å². The van der Waals surface area contributed by atoms with Crippen LogP contribution in [0, 0.1) is 13.8 Å². The van der Waals surface area contributed by atoms with Crippen LogP contribution in [-0.2, 0) is 16.1 Å². The summed E-state index contributed by atoms with van der Waals surface area (Å²) in [6, 6.07) is 0. The van der Waals surface area contributed by atoms with Crippen molar-refractivity contribution in [3.8, 4) is 0 Å². The molecule has 8 heteroatoms. The number of aromatic nitrogens is 1. The van der Waals surface area contributed by atoms with Gasteiger partial charge in [-0.25, -0.2) is 9.98 Å². The molecule has 24 heavy (non-hydrogen) atoms. The van der Waals surface area contributed by atoms with Crippen molar-refractivity contribution < 1.29 is 9.59 Å². The topological polar surface area (TPSA) is 86.7 Å². The average molecular weight is 351 g/mol. The van der Waals surface area contributed by atoms with Gasteiger partial charge in [0.1, 0.15) is 0 Å². The number of carbonyl (C=O) groups excluding carboxylic acids is 2. The molecule has 0 spiro atoms. The Kier molecular flexibility index (Phi) is 6.72. The van der Waals surface area contributed by atoms with E-state index in [-0.39, 0.29) is 11.8 Å². The van der Waals surface area contributed by atoms with Crippen LogP contribution in [0.3, 0.4) is 0 Å². The SMILES string of the molecule is CCNC(=NCc1sc(C)nc1C)NCCN1C(=O)CCCC1=O. The van der Waals surface area contributed by atoms with Gasteiger partial charge >= 0.3 is 0 Å². The molecule has 1 saturated heterocycles. The van der Waals surface area contributed by atoms with Crippen molar-refractivity contribution in [2.75, 3.05) is 19.6 Å². The van der Waals surface area contributed by atoms with Crippen LogP contribution in [0.15, 0.2) is 4.99 Å². The molecule has 0 atom stereocenters. The molecule has 2 rings (SSSR count). The van der Waals surface area contributed by atoms with Crippen molar-refractivity contribution in [2.24, 2.45) is 4.99 Å².